The van der Waals surface area contributed by atoms with E-state index in [9.17, 15) is 9.59 Å². The van der Waals surface area contributed by atoms with Gasteiger partial charge in [-0.2, -0.15) is 0 Å². The summed E-state index contributed by atoms with van der Waals surface area (Å²) in [6, 6.07) is 14.5. The first-order valence-corrected chi connectivity index (χ1v) is 7.68. The van der Waals surface area contributed by atoms with E-state index < -0.39 is 12.6 Å². The van der Waals surface area contributed by atoms with Gasteiger partial charge >= 0.3 is 5.97 Å². The van der Waals surface area contributed by atoms with Gasteiger partial charge in [0.25, 0.3) is 5.91 Å². The van der Waals surface area contributed by atoms with E-state index in [1.165, 1.54) is 11.8 Å². The highest BCUT2D eigenvalue weighted by Crippen LogP contribution is 2.38. The van der Waals surface area contributed by atoms with Gasteiger partial charge in [0, 0.05) is 4.90 Å². The minimum Gasteiger partial charge on any atom is -0.482 e. The molecule has 0 aromatic heterocycles. The highest BCUT2D eigenvalue weighted by Gasteiger charge is 2.20. The molecule has 0 saturated heterocycles. The Hall–Kier alpha value is -2.73. The lowest BCUT2D eigenvalue weighted by Gasteiger charge is -2.18. The molecule has 6 heteroatoms. The molecule has 0 bridgehead atoms. The predicted molar refractivity (Wildman–Crippen MR) is 88.5 cm³/mol. The van der Waals surface area contributed by atoms with Crippen LogP contribution in [0.4, 0.5) is 5.69 Å². The minimum absolute atomic E-state index is 0.162. The van der Waals surface area contributed by atoms with Crippen LogP contribution in [-0.4, -0.2) is 23.6 Å². The van der Waals surface area contributed by atoms with E-state index in [1.807, 2.05) is 30.3 Å². The maximum absolute atomic E-state index is 12.2. The zero-order valence-electron chi connectivity index (χ0n) is 12.0. The van der Waals surface area contributed by atoms with E-state index in [1.54, 1.807) is 24.3 Å². The van der Waals surface area contributed by atoms with E-state index in [0.29, 0.717) is 10.7 Å². The van der Waals surface area contributed by atoms with Crippen LogP contribution < -0.4 is 10.1 Å². The number of thioether (sulfide) groups is 1. The molecule has 23 heavy (non-hydrogen) atoms. The average Bonchev–Trinajstić information content (AvgIpc) is 2.54. The molecule has 1 heterocycles. The standard InChI is InChI=1S/C17H13NO4S/c19-16(20)10-22-12-5-3-4-11(8-12)9-15-17(21)18-13-6-1-2-7-14(13)23-15/h1-9H,10H2,(H,18,21)(H,19,20)/b15-9-. The van der Waals surface area contributed by atoms with Gasteiger partial charge in [-0.15, -0.1) is 0 Å². The molecule has 0 saturated carbocycles. The Morgan fingerprint density at radius 1 is 1.22 bits per heavy atom. The van der Waals surface area contributed by atoms with Crippen molar-refractivity contribution in [3.8, 4) is 5.75 Å². The molecule has 3 rings (SSSR count). The van der Waals surface area contributed by atoms with Crippen molar-refractivity contribution in [2.45, 2.75) is 4.90 Å². The molecular formula is C17H13NO4S. The Kier molecular flexibility index (Phi) is 4.34. The average molecular weight is 327 g/mol. The van der Waals surface area contributed by atoms with Crippen molar-refractivity contribution in [2.24, 2.45) is 0 Å². The number of para-hydroxylation sites is 1. The highest BCUT2D eigenvalue weighted by atomic mass is 32.2. The molecule has 0 atom stereocenters. The fraction of sp³-hybridized carbons (Fsp3) is 0.0588. The second-order valence-corrected chi connectivity index (χ2v) is 5.90. The SMILES string of the molecule is O=C(O)COc1cccc(/C=C2\Sc3ccccc3NC2=O)c1. The number of hydrogen-bond acceptors (Lipinski definition) is 4. The molecule has 5 nitrogen and oxygen atoms in total. The number of fused-ring (bicyclic) bond motifs is 1. The Morgan fingerprint density at radius 3 is 2.87 bits per heavy atom. The van der Waals surface area contributed by atoms with Crippen LogP contribution >= 0.6 is 11.8 Å². The zero-order valence-corrected chi connectivity index (χ0v) is 12.8. The van der Waals surface area contributed by atoms with Crippen molar-refractivity contribution in [1.29, 1.82) is 0 Å². The quantitative estimate of drug-likeness (QED) is 0.843. The van der Waals surface area contributed by atoms with Gasteiger partial charge in [-0.05, 0) is 35.9 Å². The fourth-order valence-corrected chi connectivity index (χ4v) is 3.04. The van der Waals surface area contributed by atoms with Gasteiger partial charge in [-0.1, -0.05) is 36.0 Å². The van der Waals surface area contributed by atoms with Gasteiger partial charge in [0.1, 0.15) is 5.75 Å². The number of carboxylic acid groups (broad SMARTS) is 1. The topological polar surface area (TPSA) is 75.6 Å². The lowest BCUT2D eigenvalue weighted by atomic mass is 10.2. The van der Waals surface area contributed by atoms with E-state index in [-0.39, 0.29) is 5.91 Å². The zero-order chi connectivity index (χ0) is 16.2. The number of amides is 1. The Labute approximate surface area is 137 Å². The largest absolute Gasteiger partial charge is 0.482 e. The first-order valence-electron chi connectivity index (χ1n) is 6.86. The van der Waals surface area contributed by atoms with E-state index >= 15 is 0 Å². The van der Waals surface area contributed by atoms with Gasteiger partial charge in [0.05, 0.1) is 10.6 Å². The summed E-state index contributed by atoms with van der Waals surface area (Å²) in [6.45, 7) is -0.400. The van der Waals surface area contributed by atoms with Crippen LogP contribution in [0.5, 0.6) is 5.75 Å². The molecule has 1 aliphatic rings. The van der Waals surface area contributed by atoms with Gasteiger partial charge in [0.15, 0.2) is 6.61 Å². The number of aliphatic carboxylic acids is 1. The van der Waals surface area contributed by atoms with Crippen molar-refractivity contribution >= 4 is 35.4 Å². The third-order valence-corrected chi connectivity index (χ3v) is 4.20. The number of rotatable bonds is 4. The van der Waals surface area contributed by atoms with Gasteiger partial charge < -0.3 is 15.2 Å². The third kappa shape index (κ3) is 3.73. The highest BCUT2D eigenvalue weighted by molar-refractivity contribution is 8.04. The fourth-order valence-electron chi connectivity index (χ4n) is 2.09. The molecular weight excluding hydrogens is 314 g/mol. The summed E-state index contributed by atoms with van der Waals surface area (Å²) in [5.74, 6) is -0.749. The van der Waals surface area contributed by atoms with Crippen molar-refractivity contribution in [1.82, 2.24) is 0 Å². The van der Waals surface area contributed by atoms with Crippen LogP contribution in [0.3, 0.4) is 0 Å². The lowest BCUT2D eigenvalue weighted by molar-refractivity contribution is -0.139. The molecule has 0 spiro atoms. The molecule has 0 unspecified atom stereocenters. The Bertz CT molecular complexity index is 801. The van der Waals surface area contributed by atoms with Crippen molar-refractivity contribution < 1.29 is 19.4 Å². The number of hydrogen-bond donors (Lipinski definition) is 2. The van der Waals surface area contributed by atoms with Crippen LogP contribution in [0.2, 0.25) is 0 Å². The minimum atomic E-state index is -1.03. The number of ether oxygens (including phenoxy) is 1. The molecule has 2 aromatic rings. The molecule has 0 fully saturated rings. The number of carbonyl (C=O) groups excluding carboxylic acids is 1. The van der Waals surface area contributed by atoms with Gasteiger partial charge in [-0.25, -0.2) is 4.79 Å². The maximum Gasteiger partial charge on any atom is 0.341 e. The normalized spacial score (nSPS) is 15.0. The van der Waals surface area contributed by atoms with Crippen molar-refractivity contribution in [3.63, 3.8) is 0 Å². The summed E-state index contributed by atoms with van der Waals surface area (Å²) in [7, 11) is 0. The molecule has 1 amide bonds. The summed E-state index contributed by atoms with van der Waals surface area (Å²) < 4.78 is 5.14. The maximum atomic E-state index is 12.2. The summed E-state index contributed by atoms with van der Waals surface area (Å²) in [5, 5.41) is 11.5. The van der Waals surface area contributed by atoms with E-state index in [4.69, 9.17) is 9.84 Å². The Morgan fingerprint density at radius 2 is 2.04 bits per heavy atom. The summed E-state index contributed by atoms with van der Waals surface area (Å²) in [5.41, 5.74) is 1.57. The second-order valence-electron chi connectivity index (χ2n) is 4.82. The smallest absolute Gasteiger partial charge is 0.341 e. The van der Waals surface area contributed by atoms with Gasteiger partial charge in [-0.3, -0.25) is 4.79 Å². The summed E-state index contributed by atoms with van der Waals surface area (Å²) in [4.78, 5) is 24.2. The third-order valence-electron chi connectivity index (χ3n) is 3.10. The molecule has 2 N–H and O–H groups in total. The summed E-state index contributed by atoms with van der Waals surface area (Å²) in [6.07, 6.45) is 1.75. The molecule has 0 radical (unpaired) electrons. The molecule has 116 valence electrons. The number of nitrogens with one attached hydrogen (secondary N) is 1. The predicted octanol–water partition coefficient (Wildman–Crippen LogP) is 3.24. The molecule has 2 aromatic carbocycles. The molecule has 0 aliphatic carbocycles. The Balaban J connectivity index is 1.83. The van der Waals surface area contributed by atoms with Crippen LogP contribution in [0.25, 0.3) is 6.08 Å². The number of carbonyl (C=O) groups is 2. The second kappa shape index (κ2) is 6.58. The van der Waals surface area contributed by atoms with Crippen molar-refractivity contribution in [3.05, 3.63) is 59.0 Å². The molecule has 1 aliphatic heterocycles. The van der Waals surface area contributed by atoms with E-state index in [0.717, 1.165) is 16.1 Å². The number of benzene rings is 2. The first kappa shape index (κ1) is 15.2. The van der Waals surface area contributed by atoms with E-state index in [2.05, 4.69) is 5.32 Å². The van der Waals surface area contributed by atoms with Crippen LogP contribution in [0.1, 0.15) is 5.56 Å². The number of carboxylic acids is 1. The van der Waals surface area contributed by atoms with Crippen LogP contribution in [-0.2, 0) is 9.59 Å². The number of anilines is 1. The van der Waals surface area contributed by atoms with Crippen molar-refractivity contribution in [2.75, 3.05) is 11.9 Å². The first-order chi connectivity index (χ1) is 11.1. The summed E-state index contributed by atoms with van der Waals surface area (Å²) >= 11 is 1.40. The van der Waals surface area contributed by atoms with Crippen LogP contribution in [0.15, 0.2) is 58.3 Å². The monoisotopic (exact) mass is 327 g/mol. The van der Waals surface area contributed by atoms with Gasteiger partial charge in [0.2, 0.25) is 0 Å². The van der Waals surface area contributed by atoms with Crippen LogP contribution in [0, 0.1) is 0 Å². The lowest BCUT2D eigenvalue weighted by Crippen LogP contribution is -2.17.